The van der Waals surface area contributed by atoms with E-state index in [1.807, 2.05) is 32.3 Å². The quantitative estimate of drug-likeness (QED) is 0.343. The van der Waals surface area contributed by atoms with Gasteiger partial charge in [-0.05, 0) is 78.3 Å². The molecule has 1 fully saturated rings. The minimum absolute atomic E-state index is 0.415. The molecule has 2 aromatic carbocycles. The molecule has 0 atom stereocenters. The standard InChI is InChI=1S/C25H31Br2N5O/c1-32(2)24-20-6-4-5-7-22(20)30-25(31-24)29-19-10-8-16(9-11-19)14-28-15-17-12-18(26)13-21(27)23(17)33-3/h4-7,12-13,16,19,28H,8-11,14-15H2,1-3H3,(H,29,30,31). The third-order valence-corrected chi connectivity index (χ3v) is 7.27. The van der Waals surface area contributed by atoms with Gasteiger partial charge in [0.2, 0.25) is 5.95 Å². The lowest BCUT2D eigenvalue weighted by atomic mass is 9.86. The van der Waals surface area contributed by atoms with E-state index in [1.165, 1.54) is 12.8 Å². The Morgan fingerprint density at radius 3 is 2.55 bits per heavy atom. The van der Waals surface area contributed by atoms with Crippen LogP contribution < -0.4 is 20.3 Å². The van der Waals surface area contributed by atoms with Crippen molar-refractivity contribution in [2.75, 3.05) is 38.0 Å². The van der Waals surface area contributed by atoms with Crippen LogP contribution in [-0.2, 0) is 6.54 Å². The van der Waals surface area contributed by atoms with Crippen molar-refractivity contribution in [1.29, 1.82) is 0 Å². The van der Waals surface area contributed by atoms with Gasteiger partial charge in [0.1, 0.15) is 11.6 Å². The van der Waals surface area contributed by atoms with E-state index in [0.717, 1.165) is 68.9 Å². The van der Waals surface area contributed by atoms with Crippen molar-refractivity contribution in [3.05, 3.63) is 50.9 Å². The second-order valence-electron chi connectivity index (χ2n) is 8.86. The maximum Gasteiger partial charge on any atom is 0.225 e. The normalized spacial score (nSPS) is 18.3. The Morgan fingerprint density at radius 1 is 1.06 bits per heavy atom. The topological polar surface area (TPSA) is 62.3 Å². The summed E-state index contributed by atoms with van der Waals surface area (Å²) >= 11 is 7.15. The van der Waals surface area contributed by atoms with Gasteiger partial charge in [-0.15, -0.1) is 0 Å². The van der Waals surface area contributed by atoms with Crippen LogP contribution in [0.5, 0.6) is 5.75 Å². The molecule has 1 aliphatic rings. The van der Waals surface area contributed by atoms with Crippen LogP contribution in [0.25, 0.3) is 10.9 Å². The second kappa shape index (κ2) is 11.0. The SMILES string of the molecule is COc1c(Br)cc(Br)cc1CNCC1CCC(Nc2nc(N(C)C)c3ccccc3n2)CC1. The second-order valence-corrected chi connectivity index (χ2v) is 10.6. The zero-order chi connectivity index (χ0) is 23.4. The van der Waals surface area contributed by atoms with Crippen LogP contribution in [0.15, 0.2) is 45.3 Å². The average molecular weight is 577 g/mol. The van der Waals surface area contributed by atoms with E-state index in [4.69, 9.17) is 14.7 Å². The highest BCUT2D eigenvalue weighted by molar-refractivity contribution is 9.11. The summed E-state index contributed by atoms with van der Waals surface area (Å²) in [5, 5.41) is 8.32. The number of aromatic nitrogens is 2. The molecule has 4 rings (SSSR count). The molecule has 0 amide bonds. The van der Waals surface area contributed by atoms with Crippen LogP contribution in [0, 0.1) is 5.92 Å². The molecule has 2 N–H and O–H groups in total. The number of rotatable bonds is 8. The lowest BCUT2D eigenvalue weighted by molar-refractivity contribution is 0.322. The predicted octanol–water partition coefficient (Wildman–Crippen LogP) is 5.99. The average Bonchev–Trinajstić information content (AvgIpc) is 2.79. The summed E-state index contributed by atoms with van der Waals surface area (Å²) in [6, 6.07) is 12.7. The molecule has 0 unspecified atom stereocenters. The number of benzene rings is 2. The van der Waals surface area contributed by atoms with E-state index < -0.39 is 0 Å². The number of nitrogens with one attached hydrogen (secondary N) is 2. The third-order valence-electron chi connectivity index (χ3n) is 6.22. The van der Waals surface area contributed by atoms with Crippen LogP contribution in [0.4, 0.5) is 11.8 Å². The van der Waals surface area contributed by atoms with Gasteiger partial charge in [-0.25, -0.2) is 4.98 Å². The van der Waals surface area contributed by atoms with Crippen LogP contribution in [0.2, 0.25) is 0 Å². The van der Waals surface area contributed by atoms with Crippen molar-refractivity contribution >= 4 is 54.5 Å². The van der Waals surface area contributed by atoms with Gasteiger partial charge in [0.15, 0.2) is 0 Å². The van der Waals surface area contributed by atoms with Crippen molar-refractivity contribution in [3.63, 3.8) is 0 Å². The van der Waals surface area contributed by atoms with E-state index in [1.54, 1.807) is 7.11 Å². The highest BCUT2D eigenvalue weighted by atomic mass is 79.9. The number of halogens is 2. The zero-order valence-electron chi connectivity index (χ0n) is 19.4. The summed E-state index contributed by atoms with van der Waals surface area (Å²) in [5.41, 5.74) is 2.13. The van der Waals surface area contributed by atoms with Gasteiger partial charge in [0.05, 0.1) is 17.1 Å². The number of hydrogen-bond acceptors (Lipinski definition) is 6. The number of methoxy groups -OCH3 is 1. The zero-order valence-corrected chi connectivity index (χ0v) is 22.5. The van der Waals surface area contributed by atoms with E-state index >= 15 is 0 Å². The maximum absolute atomic E-state index is 5.56. The molecule has 0 saturated heterocycles. The maximum atomic E-state index is 5.56. The van der Waals surface area contributed by atoms with Crippen molar-refractivity contribution in [1.82, 2.24) is 15.3 Å². The molecule has 0 spiro atoms. The highest BCUT2D eigenvalue weighted by Crippen LogP contribution is 2.33. The molecule has 0 aliphatic heterocycles. The minimum atomic E-state index is 0.415. The molecule has 1 aromatic heterocycles. The number of para-hydroxylation sites is 1. The highest BCUT2D eigenvalue weighted by Gasteiger charge is 2.22. The van der Waals surface area contributed by atoms with E-state index in [9.17, 15) is 0 Å². The molecule has 1 saturated carbocycles. The summed E-state index contributed by atoms with van der Waals surface area (Å²) < 4.78 is 7.58. The molecular weight excluding hydrogens is 546 g/mol. The first-order valence-corrected chi connectivity index (χ1v) is 13.0. The smallest absolute Gasteiger partial charge is 0.225 e. The Labute approximate surface area is 212 Å². The largest absolute Gasteiger partial charge is 0.495 e. The van der Waals surface area contributed by atoms with Crippen molar-refractivity contribution in [3.8, 4) is 5.75 Å². The number of fused-ring (bicyclic) bond motifs is 1. The fourth-order valence-corrected chi connectivity index (χ4v) is 6.02. The van der Waals surface area contributed by atoms with Gasteiger partial charge in [-0.2, -0.15) is 4.98 Å². The lowest BCUT2D eigenvalue weighted by Gasteiger charge is -2.29. The number of ether oxygens (including phenoxy) is 1. The Morgan fingerprint density at radius 2 is 1.82 bits per heavy atom. The van der Waals surface area contributed by atoms with E-state index in [0.29, 0.717) is 12.0 Å². The Hall–Kier alpha value is -1.90. The fraction of sp³-hybridized carbons (Fsp3) is 0.440. The van der Waals surface area contributed by atoms with Crippen molar-refractivity contribution in [2.45, 2.75) is 38.3 Å². The number of nitrogens with zero attached hydrogens (tertiary/aromatic N) is 3. The van der Waals surface area contributed by atoms with Gasteiger partial charge in [0, 0.05) is 42.1 Å². The van der Waals surface area contributed by atoms with Crippen molar-refractivity contribution in [2.24, 2.45) is 5.92 Å². The van der Waals surface area contributed by atoms with E-state index in [-0.39, 0.29) is 0 Å². The first kappa shape index (κ1) is 24.2. The van der Waals surface area contributed by atoms with Gasteiger partial charge in [-0.1, -0.05) is 28.1 Å². The van der Waals surface area contributed by atoms with Gasteiger partial charge >= 0.3 is 0 Å². The molecule has 6 nitrogen and oxygen atoms in total. The van der Waals surface area contributed by atoms with Crippen LogP contribution >= 0.6 is 31.9 Å². The number of anilines is 2. The molecule has 0 radical (unpaired) electrons. The monoisotopic (exact) mass is 575 g/mol. The summed E-state index contributed by atoms with van der Waals surface area (Å²) in [5.74, 6) is 3.26. The lowest BCUT2D eigenvalue weighted by Crippen LogP contribution is -2.31. The fourth-order valence-electron chi connectivity index (χ4n) is 4.54. The molecule has 1 heterocycles. The Kier molecular flexibility index (Phi) is 8.09. The first-order chi connectivity index (χ1) is 15.9. The molecule has 8 heteroatoms. The predicted molar refractivity (Wildman–Crippen MR) is 143 cm³/mol. The van der Waals surface area contributed by atoms with Gasteiger partial charge < -0.3 is 20.3 Å². The van der Waals surface area contributed by atoms with Crippen molar-refractivity contribution < 1.29 is 4.74 Å². The summed E-state index contributed by atoms with van der Waals surface area (Å²) in [6.07, 6.45) is 4.65. The third kappa shape index (κ3) is 5.97. The summed E-state index contributed by atoms with van der Waals surface area (Å²) in [4.78, 5) is 11.6. The molecule has 3 aromatic rings. The van der Waals surface area contributed by atoms with Crippen LogP contribution in [0.1, 0.15) is 31.2 Å². The van der Waals surface area contributed by atoms with Crippen LogP contribution in [-0.4, -0.2) is 43.8 Å². The Bertz CT molecular complexity index is 1100. The first-order valence-electron chi connectivity index (χ1n) is 11.4. The summed E-state index contributed by atoms with van der Waals surface area (Å²) in [6.45, 7) is 1.80. The summed E-state index contributed by atoms with van der Waals surface area (Å²) in [7, 11) is 5.77. The minimum Gasteiger partial charge on any atom is -0.495 e. The molecular formula is C25H31Br2N5O. The van der Waals surface area contributed by atoms with Gasteiger partial charge in [0.25, 0.3) is 0 Å². The molecule has 0 bridgehead atoms. The van der Waals surface area contributed by atoms with Gasteiger partial charge in [-0.3, -0.25) is 0 Å². The van der Waals surface area contributed by atoms with Crippen LogP contribution in [0.3, 0.4) is 0 Å². The van der Waals surface area contributed by atoms with E-state index in [2.05, 4.69) is 65.6 Å². The molecule has 176 valence electrons. The molecule has 33 heavy (non-hydrogen) atoms. The molecule has 1 aliphatic carbocycles. The Balaban J connectivity index is 1.30. The number of hydrogen-bond donors (Lipinski definition) is 2.